The van der Waals surface area contributed by atoms with E-state index in [4.69, 9.17) is 4.74 Å². The molecule has 3 aromatic carbocycles. The molecule has 1 atom stereocenters. The van der Waals surface area contributed by atoms with Crippen LogP contribution >= 0.6 is 0 Å². The van der Waals surface area contributed by atoms with E-state index in [1.807, 2.05) is 12.1 Å². The van der Waals surface area contributed by atoms with Gasteiger partial charge in [-0.25, -0.2) is 9.48 Å². The molecule has 4 aromatic rings. The molecule has 0 radical (unpaired) electrons. The van der Waals surface area contributed by atoms with E-state index in [0.717, 1.165) is 79.7 Å². The van der Waals surface area contributed by atoms with Crippen molar-refractivity contribution in [2.75, 3.05) is 13.1 Å². The number of carbonyl (C=O) groups is 2. The quantitative estimate of drug-likeness (QED) is 0.256. The van der Waals surface area contributed by atoms with Crippen molar-refractivity contribution >= 4 is 11.9 Å². The summed E-state index contributed by atoms with van der Waals surface area (Å²) in [6, 6.07) is 21.2. The zero-order valence-corrected chi connectivity index (χ0v) is 24.8. The summed E-state index contributed by atoms with van der Waals surface area (Å²) in [5, 5.41) is 13.8. The Kier molecular flexibility index (Phi) is 7.04. The zero-order chi connectivity index (χ0) is 29.7. The number of likely N-dealkylation sites (tertiary alicyclic amines) is 1. The van der Waals surface area contributed by atoms with Crippen LogP contribution in [0.15, 0.2) is 66.9 Å². The van der Waals surface area contributed by atoms with Gasteiger partial charge in [-0.05, 0) is 104 Å². The van der Waals surface area contributed by atoms with Crippen LogP contribution in [0.25, 0.3) is 16.8 Å². The zero-order valence-electron chi connectivity index (χ0n) is 24.8. The molecule has 3 aliphatic rings. The highest BCUT2D eigenvalue weighted by molar-refractivity contribution is 5.88. The maximum Gasteiger partial charge on any atom is 0.339 e. The smallest absolute Gasteiger partial charge is 0.339 e. The van der Waals surface area contributed by atoms with Crippen LogP contribution in [0.2, 0.25) is 0 Å². The minimum Gasteiger partial charge on any atom is -0.485 e. The van der Waals surface area contributed by atoms with E-state index < -0.39 is 5.97 Å². The molecule has 7 heteroatoms. The summed E-state index contributed by atoms with van der Waals surface area (Å²) in [5.74, 6) is 1.08. The molecule has 2 aliphatic carbocycles. The Morgan fingerprint density at radius 1 is 0.930 bits per heavy atom. The van der Waals surface area contributed by atoms with Gasteiger partial charge in [-0.3, -0.25) is 4.79 Å². The molecule has 1 saturated heterocycles. The van der Waals surface area contributed by atoms with E-state index in [2.05, 4.69) is 65.5 Å². The summed E-state index contributed by atoms with van der Waals surface area (Å²) < 4.78 is 8.43. The number of fused-ring (bicyclic) bond motifs is 1. The van der Waals surface area contributed by atoms with Gasteiger partial charge in [0, 0.05) is 24.6 Å². The van der Waals surface area contributed by atoms with Crippen molar-refractivity contribution in [1.29, 1.82) is 0 Å². The number of carbonyl (C=O) groups excluding carboxylic acids is 1. The van der Waals surface area contributed by atoms with Gasteiger partial charge in [0.15, 0.2) is 0 Å². The molecule has 2 heterocycles. The summed E-state index contributed by atoms with van der Waals surface area (Å²) in [5.41, 5.74) is 8.82. The Balaban J connectivity index is 1.11. The second kappa shape index (κ2) is 11.0. The highest BCUT2D eigenvalue weighted by atomic mass is 16.5. The highest BCUT2D eigenvalue weighted by Gasteiger charge is 2.35. The van der Waals surface area contributed by atoms with Crippen LogP contribution in [0.1, 0.15) is 82.4 Å². The maximum absolute atomic E-state index is 12.5. The minimum absolute atomic E-state index is 0.0545. The highest BCUT2D eigenvalue weighted by Crippen LogP contribution is 2.43. The Hall–Kier alpha value is -4.39. The fourth-order valence-corrected chi connectivity index (χ4v) is 6.93. The Bertz CT molecular complexity index is 1710. The first-order valence-electron chi connectivity index (χ1n) is 15.4. The largest absolute Gasteiger partial charge is 0.485 e. The molecule has 2 fully saturated rings. The summed E-state index contributed by atoms with van der Waals surface area (Å²) in [6.45, 7) is 5.63. The first-order chi connectivity index (χ1) is 20.9. The Morgan fingerprint density at radius 2 is 1.72 bits per heavy atom. The Labute approximate surface area is 252 Å². The molecule has 0 spiro atoms. The van der Waals surface area contributed by atoms with E-state index in [-0.39, 0.29) is 11.7 Å². The van der Waals surface area contributed by atoms with Gasteiger partial charge in [-0.1, -0.05) is 42.5 Å². The maximum atomic E-state index is 12.5. The third-order valence-electron chi connectivity index (χ3n) is 9.51. The first kappa shape index (κ1) is 27.4. The van der Waals surface area contributed by atoms with E-state index in [1.165, 1.54) is 22.9 Å². The topological polar surface area (TPSA) is 84.7 Å². The van der Waals surface area contributed by atoms with E-state index in [9.17, 15) is 14.7 Å². The fraction of sp³-hybridized carbons (Fsp3) is 0.361. The molecule has 1 saturated carbocycles. The molecule has 7 nitrogen and oxygen atoms in total. The normalized spacial score (nSPS) is 18.5. The average molecular weight is 576 g/mol. The monoisotopic (exact) mass is 575 g/mol. The van der Waals surface area contributed by atoms with Crippen molar-refractivity contribution in [3.05, 3.63) is 100 Å². The minimum atomic E-state index is -0.977. The predicted octanol–water partition coefficient (Wildman–Crippen LogP) is 7.04. The van der Waals surface area contributed by atoms with Gasteiger partial charge >= 0.3 is 5.97 Å². The lowest BCUT2D eigenvalue weighted by Gasteiger charge is -2.32. The second-order valence-electron chi connectivity index (χ2n) is 12.3. The molecule has 1 aliphatic heterocycles. The molecular formula is C36H37N3O4. The second-order valence-corrected chi connectivity index (χ2v) is 12.3. The molecule has 1 amide bonds. The number of carboxylic acids is 1. The number of hydrogen-bond donors (Lipinski definition) is 1. The number of aryl methyl sites for hydroxylation is 2. The van der Waals surface area contributed by atoms with Crippen LogP contribution in [0.5, 0.6) is 5.75 Å². The fourth-order valence-electron chi connectivity index (χ4n) is 6.93. The summed E-state index contributed by atoms with van der Waals surface area (Å²) in [7, 11) is 0. The summed E-state index contributed by atoms with van der Waals surface area (Å²) in [6.07, 6.45) is 7.41. The third-order valence-corrected chi connectivity index (χ3v) is 9.51. The van der Waals surface area contributed by atoms with Crippen LogP contribution < -0.4 is 4.74 Å². The lowest BCUT2D eigenvalue weighted by Crippen LogP contribution is -2.38. The van der Waals surface area contributed by atoms with Crippen LogP contribution in [0.4, 0.5) is 0 Å². The standard InChI is InChI=1S/C36H37N3O4/c1-22-19-27(24-15-17-38(18-16-24)35(40)26-9-10-26)12-13-32(22)43-33-14-11-25-5-4-8-30(34(25)33)28-6-3-7-29(20-28)39-23(2)31(21-37-39)36(41)42/h3-8,12-13,19-21,24,26,33H,9-11,14-18H2,1-2H3,(H,41,42). The SMILES string of the molecule is Cc1cc(C2CCN(C(=O)C3CC3)CC2)ccc1OC1CCc2cccc(-c3cccc(-n4ncc(C(=O)O)c4C)c3)c21. The lowest BCUT2D eigenvalue weighted by atomic mass is 9.88. The number of rotatable bonds is 7. The van der Waals surface area contributed by atoms with Crippen LogP contribution in [0, 0.1) is 19.8 Å². The number of carboxylic acid groups (broad SMARTS) is 1. The number of amides is 1. The van der Waals surface area contributed by atoms with Gasteiger partial charge in [0.25, 0.3) is 0 Å². The third kappa shape index (κ3) is 5.22. The van der Waals surface area contributed by atoms with Crippen molar-refractivity contribution in [1.82, 2.24) is 14.7 Å². The Morgan fingerprint density at radius 3 is 2.44 bits per heavy atom. The molecule has 220 valence electrons. The first-order valence-corrected chi connectivity index (χ1v) is 15.4. The van der Waals surface area contributed by atoms with Crippen molar-refractivity contribution in [2.24, 2.45) is 5.92 Å². The van der Waals surface area contributed by atoms with Crippen LogP contribution in [-0.4, -0.2) is 44.8 Å². The number of aromatic carboxylic acids is 1. The number of ether oxygens (including phenoxy) is 1. The predicted molar refractivity (Wildman–Crippen MR) is 165 cm³/mol. The van der Waals surface area contributed by atoms with Gasteiger partial charge in [-0.15, -0.1) is 0 Å². The van der Waals surface area contributed by atoms with Crippen LogP contribution in [-0.2, 0) is 11.2 Å². The van der Waals surface area contributed by atoms with Crippen molar-refractivity contribution in [2.45, 2.75) is 64.4 Å². The molecule has 1 N–H and O–H groups in total. The van der Waals surface area contributed by atoms with Gasteiger partial charge in [0.1, 0.15) is 17.4 Å². The van der Waals surface area contributed by atoms with E-state index in [1.54, 1.807) is 11.6 Å². The van der Waals surface area contributed by atoms with Crippen molar-refractivity contribution < 1.29 is 19.4 Å². The molecule has 1 unspecified atom stereocenters. The number of piperidine rings is 1. The molecule has 1 aromatic heterocycles. The molecule has 43 heavy (non-hydrogen) atoms. The number of nitrogens with zero attached hydrogens (tertiary/aromatic N) is 3. The number of benzene rings is 3. The van der Waals surface area contributed by atoms with Gasteiger partial charge in [-0.2, -0.15) is 5.10 Å². The van der Waals surface area contributed by atoms with Crippen LogP contribution in [0.3, 0.4) is 0 Å². The number of aromatic nitrogens is 2. The van der Waals surface area contributed by atoms with Gasteiger partial charge in [0.05, 0.1) is 17.6 Å². The van der Waals surface area contributed by atoms with E-state index >= 15 is 0 Å². The van der Waals surface area contributed by atoms with Crippen molar-refractivity contribution in [3.8, 4) is 22.6 Å². The molecule has 7 rings (SSSR count). The number of hydrogen-bond acceptors (Lipinski definition) is 4. The average Bonchev–Trinajstić information content (AvgIpc) is 3.68. The van der Waals surface area contributed by atoms with E-state index in [0.29, 0.717) is 23.4 Å². The lowest BCUT2D eigenvalue weighted by molar-refractivity contribution is -0.133. The summed E-state index contributed by atoms with van der Waals surface area (Å²) in [4.78, 5) is 26.1. The summed E-state index contributed by atoms with van der Waals surface area (Å²) >= 11 is 0. The van der Waals surface area contributed by atoms with Crippen molar-refractivity contribution in [3.63, 3.8) is 0 Å². The van der Waals surface area contributed by atoms with Gasteiger partial charge < -0.3 is 14.7 Å². The molecule has 0 bridgehead atoms. The molecular weight excluding hydrogens is 538 g/mol. The van der Waals surface area contributed by atoms with Gasteiger partial charge in [0.2, 0.25) is 5.91 Å².